The number of carbonyl (C=O) groups excluding carboxylic acids is 1. The number of rotatable bonds is 5. The van der Waals surface area contributed by atoms with Crippen LogP contribution < -0.4 is 11.0 Å². The largest absolute Gasteiger partial charge is 0.348 e. The fraction of sp³-hybridized carbons (Fsp3) is 0.348. The Bertz CT molecular complexity index is 1390. The number of aromatic nitrogens is 2. The summed E-state index contributed by atoms with van der Waals surface area (Å²) < 4.78 is 29.1. The van der Waals surface area contributed by atoms with Crippen LogP contribution in [0.25, 0.3) is 10.9 Å². The van der Waals surface area contributed by atoms with E-state index in [9.17, 15) is 18.0 Å². The minimum Gasteiger partial charge on any atom is -0.324 e. The zero-order valence-electron chi connectivity index (χ0n) is 18.4. The fourth-order valence-electron chi connectivity index (χ4n) is 4.13. The number of fused-ring (bicyclic) bond motifs is 1. The van der Waals surface area contributed by atoms with Crippen LogP contribution in [0.2, 0.25) is 5.02 Å². The lowest BCUT2D eigenvalue weighted by Crippen LogP contribution is -2.41. The molecule has 0 unspecified atom stereocenters. The Balaban J connectivity index is 1.65. The first-order valence-electron chi connectivity index (χ1n) is 10.7. The van der Waals surface area contributed by atoms with Gasteiger partial charge in [0.2, 0.25) is 15.9 Å². The molecular weight excluding hydrogens is 464 g/mol. The van der Waals surface area contributed by atoms with E-state index < -0.39 is 21.6 Å². The van der Waals surface area contributed by atoms with E-state index in [0.717, 1.165) is 24.8 Å². The molecule has 2 aromatic carbocycles. The summed E-state index contributed by atoms with van der Waals surface area (Å²) in [6.07, 6.45) is 4.01. The van der Waals surface area contributed by atoms with Crippen molar-refractivity contribution in [2.45, 2.75) is 50.6 Å². The van der Waals surface area contributed by atoms with Crippen LogP contribution in [-0.2, 0) is 21.4 Å². The molecule has 4 rings (SSSR count). The first kappa shape index (κ1) is 23.4. The first-order valence-corrected chi connectivity index (χ1v) is 12.6. The van der Waals surface area contributed by atoms with Crippen LogP contribution in [0.15, 0.2) is 52.3 Å². The Labute approximate surface area is 197 Å². The van der Waals surface area contributed by atoms with Gasteiger partial charge in [-0.15, -0.1) is 0 Å². The monoisotopic (exact) mass is 488 g/mol. The zero-order valence-corrected chi connectivity index (χ0v) is 20.0. The molecule has 1 atom stereocenters. The van der Waals surface area contributed by atoms with Crippen LogP contribution in [0.3, 0.4) is 0 Å². The predicted molar refractivity (Wildman–Crippen MR) is 128 cm³/mol. The molecule has 1 aromatic heterocycles. The molecule has 10 heteroatoms. The maximum atomic E-state index is 13.2. The molecule has 0 spiro atoms. The van der Waals surface area contributed by atoms with Crippen LogP contribution in [0.1, 0.15) is 31.7 Å². The highest BCUT2D eigenvalue weighted by atomic mass is 35.5. The van der Waals surface area contributed by atoms with E-state index in [4.69, 9.17) is 11.6 Å². The van der Waals surface area contributed by atoms with Gasteiger partial charge in [-0.05, 0) is 62.6 Å². The van der Waals surface area contributed by atoms with Crippen molar-refractivity contribution in [3.05, 3.63) is 63.7 Å². The SMILES string of the molecule is Cc1c(Cl)cccc1NC(=O)Cn1c(=O)ncc2cc(S(=O)(=O)N3CCCC[C@@H]3C)ccc21. The number of sulfonamides is 1. The number of hydrogen-bond acceptors (Lipinski definition) is 5. The molecule has 1 amide bonds. The summed E-state index contributed by atoms with van der Waals surface area (Å²) in [6, 6.07) is 9.65. The lowest BCUT2D eigenvalue weighted by Gasteiger charge is -2.32. The molecule has 0 aliphatic carbocycles. The average Bonchev–Trinajstić information content (AvgIpc) is 2.78. The van der Waals surface area contributed by atoms with Gasteiger partial charge in [0.05, 0.1) is 10.4 Å². The second kappa shape index (κ2) is 9.24. The molecule has 2 heterocycles. The third-order valence-corrected chi connectivity index (χ3v) is 8.45. The average molecular weight is 489 g/mol. The molecule has 1 aliphatic heterocycles. The van der Waals surface area contributed by atoms with E-state index in [1.165, 1.54) is 27.2 Å². The van der Waals surface area contributed by atoms with Crippen molar-refractivity contribution in [2.75, 3.05) is 11.9 Å². The van der Waals surface area contributed by atoms with Crippen molar-refractivity contribution in [2.24, 2.45) is 0 Å². The molecular formula is C23H25ClN4O4S. The van der Waals surface area contributed by atoms with Crippen molar-refractivity contribution in [3.8, 4) is 0 Å². The van der Waals surface area contributed by atoms with Gasteiger partial charge < -0.3 is 5.32 Å². The minimum atomic E-state index is -3.67. The highest BCUT2D eigenvalue weighted by Gasteiger charge is 2.31. The van der Waals surface area contributed by atoms with Crippen molar-refractivity contribution in [3.63, 3.8) is 0 Å². The van der Waals surface area contributed by atoms with E-state index in [1.807, 2.05) is 6.92 Å². The zero-order chi connectivity index (χ0) is 23.8. The van der Waals surface area contributed by atoms with Crippen molar-refractivity contribution in [1.82, 2.24) is 13.9 Å². The molecule has 0 saturated carbocycles. The molecule has 1 aliphatic rings. The summed E-state index contributed by atoms with van der Waals surface area (Å²) in [4.78, 5) is 29.1. The van der Waals surface area contributed by atoms with Gasteiger partial charge >= 0.3 is 5.69 Å². The molecule has 0 bridgehead atoms. The molecule has 1 N–H and O–H groups in total. The lowest BCUT2D eigenvalue weighted by molar-refractivity contribution is -0.116. The van der Waals surface area contributed by atoms with Crippen molar-refractivity contribution < 1.29 is 13.2 Å². The normalized spacial score (nSPS) is 17.2. The Morgan fingerprint density at radius 2 is 2.03 bits per heavy atom. The van der Waals surface area contributed by atoms with Gasteiger partial charge in [-0.2, -0.15) is 4.31 Å². The van der Waals surface area contributed by atoms with E-state index in [0.29, 0.717) is 28.2 Å². The highest BCUT2D eigenvalue weighted by Crippen LogP contribution is 2.27. The second-order valence-corrected chi connectivity index (χ2v) is 10.6. The third kappa shape index (κ3) is 4.66. The minimum absolute atomic E-state index is 0.0647. The number of carbonyl (C=O) groups is 1. The number of hydrogen-bond donors (Lipinski definition) is 1. The third-order valence-electron chi connectivity index (χ3n) is 6.03. The van der Waals surface area contributed by atoms with Crippen LogP contribution in [0.5, 0.6) is 0 Å². The van der Waals surface area contributed by atoms with Crippen LogP contribution >= 0.6 is 11.6 Å². The molecule has 8 nitrogen and oxygen atoms in total. The van der Waals surface area contributed by atoms with Crippen molar-refractivity contribution >= 4 is 44.1 Å². The Morgan fingerprint density at radius 3 is 2.79 bits per heavy atom. The van der Waals surface area contributed by atoms with Crippen LogP contribution in [-0.4, -0.2) is 40.8 Å². The molecule has 3 aromatic rings. The number of piperidine rings is 1. The quantitative estimate of drug-likeness (QED) is 0.591. The summed E-state index contributed by atoms with van der Waals surface area (Å²) >= 11 is 6.11. The number of anilines is 1. The molecule has 1 fully saturated rings. The van der Waals surface area contributed by atoms with Crippen LogP contribution in [0.4, 0.5) is 5.69 Å². The number of halogens is 1. The van der Waals surface area contributed by atoms with E-state index >= 15 is 0 Å². The van der Waals surface area contributed by atoms with Gasteiger partial charge in [0.15, 0.2) is 0 Å². The van der Waals surface area contributed by atoms with Crippen molar-refractivity contribution in [1.29, 1.82) is 0 Å². The van der Waals surface area contributed by atoms with Crippen LogP contribution in [0, 0.1) is 6.92 Å². The summed E-state index contributed by atoms with van der Waals surface area (Å²) in [5, 5.41) is 3.75. The Morgan fingerprint density at radius 1 is 1.24 bits per heavy atom. The summed E-state index contributed by atoms with van der Waals surface area (Å²) in [5.41, 5.74) is 1.11. The molecule has 174 valence electrons. The Kier molecular flexibility index (Phi) is 6.56. The number of amides is 1. The molecule has 0 radical (unpaired) electrons. The lowest BCUT2D eigenvalue weighted by atomic mass is 10.1. The summed E-state index contributed by atoms with van der Waals surface area (Å²) in [6.45, 7) is 3.92. The van der Waals surface area contributed by atoms with Gasteiger partial charge in [-0.1, -0.05) is 24.1 Å². The number of nitrogens with one attached hydrogen (secondary N) is 1. The van der Waals surface area contributed by atoms with Gasteiger partial charge in [0, 0.05) is 34.9 Å². The Hall–Kier alpha value is -2.75. The number of nitrogens with zero attached hydrogens (tertiary/aromatic N) is 3. The predicted octanol–water partition coefficient (Wildman–Crippen LogP) is 3.56. The summed E-state index contributed by atoms with van der Waals surface area (Å²) in [7, 11) is -3.67. The van der Waals surface area contributed by atoms with Gasteiger partial charge in [0.25, 0.3) is 0 Å². The maximum absolute atomic E-state index is 13.2. The highest BCUT2D eigenvalue weighted by molar-refractivity contribution is 7.89. The van der Waals surface area contributed by atoms with Gasteiger partial charge in [-0.3, -0.25) is 9.36 Å². The molecule has 1 saturated heterocycles. The smallest absolute Gasteiger partial charge is 0.324 e. The molecule has 33 heavy (non-hydrogen) atoms. The van der Waals surface area contributed by atoms with E-state index in [1.54, 1.807) is 31.2 Å². The fourth-order valence-corrected chi connectivity index (χ4v) is 6.04. The summed E-state index contributed by atoms with van der Waals surface area (Å²) in [5.74, 6) is -0.421. The first-order chi connectivity index (χ1) is 15.7. The number of benzene rings is 2. The van der Waals surface area contributed by atoms with E-state index in [2.05, 4.69) is 10.3 Å². The standard InChI is InChI=1S/C23H25ClN4O4S/c1-15-6-3-4-11-28(15)33(31,32)18-9-10-21-17(12-18)13-25-23(30)27(21)14-22(29)26-20-8-5-7-19(24)16(20)2/h5,7-10,12-13,15H,3-4,6,11,14H2,1-2H3,(H,26,29)/t15-/m0/s1. The van der Waals surface area contributed by atoms with Gasteiger partial charge in [0.1, 0.15) is 6.54 Å². The van der Waals surface area contributed by atoms with Gasteiger partial charge in [-0.25, -0.2) is 18.2 Å². The second-order valence-electron chi connectivity index (χ2n) is 8.27. The maximum Gasteiger partial charge on any atom is 0.348 e. The topological polar surface area (TPSA) is 101 Å². The van der Waals surface area contributed by atoms with E-state index in [-0.39, 0.29) is 17.5 Å².